The molecule has 0 fully saturated rings. The van der Waals surface area contributed by atoms with E-state index in [1.807, 2.05) is 12.1 Å². The summed E-state index contributed by atoms with van der Waals surface area (Å²) in [4.78, 5) is 6.98. The largest absolute Gasteiger partial charge is 0.368 e. The van der Waals surface area contributed by atoms with Crippen molar-refractivity contribution < 1.29 is 0 Å². The Bertz CT molecular complexity index is 986. The van der Waals surface area contributed by atoms with Gasteiger partial charge in [-0.1, -0.05) is 29.8 Å². The van der Waals surface area contributed by atoms with Crippen LogP contribution in [0.4, 0.5) is 16.5 Å². The van der Waals surface area contributed by atoms with E-state index in [0.29, 0.717) is 0 Å². The lowest BCUT2D eigenvalue weighted by Gasteiger charge is -2.28. The number of rotatable bonds is 3. The molecule has 0 bridgehead atoms. The molecule has 0 atom stereocenters. The maximum absolute atomic E-state index is 6.36. The van der Waals surface area contributed by atoms with Gasteiger partial charge in [0.05, 0.1) is 16.4 Å². The van der Waals surface area contributed by atoms with Gasteiger partial charge < -0.3 is 10.2 Å². The summed E-state index contributed by atoms with van der Waals surface area (Å²) in [6.07, 6.45) is 2.19. The van der Waals surface area contributed by atoms with E-state index in [4.69, 9.17) is 16.6 Å². The second kappa shape index (κ2) is 6.78. The van der Waals surface area contributed by atoms with Crippen LogP contribution in [0.1, 0.15) is 22.4 Å². The number of nitrogens with one attached hydrogen (secondary N) is 1. The van der Waals surface area contributed by atoms with E-state index in [-0.39, 0.29) is 0 Å². The Kier molecular flexibility index (Phi) is 4.47. The lowest BCUT2D eigenvalue weighted by molar-refractivity contribution is 1.02. The van der Waals surface area contributed by atoms with E-state index in [9.17, 15) is 0 Å². The topological polar surface area (TPSA) is 28.2 Å². The summed E-state index contributed by atoms with van der Waals surface area (Å²) >= 11 is 7.98. The summed E-state index contributed by atoms with van der Waals surface area (Å²) in [5.74, 6) is 0. The highest BCUT2D eigenvalue weighted by molar-refractivity contribution is 7.13. The molecule has 0 amide bonds. The lowest BCUT2D eigenvalue weighted by Crippen LogP contribution is -2.23. The zero-order chi connectivity index (χ0) is 18.3. The fourth-order valence-electron chi connectivity index (χ4n) is 3.42. The van der Waals surface area contributed by atoms with E-state index in [1.54, 1.807) is 11.3 Å². The molecule has 1 N–H and O–H groups in total. The van der Waals surface area contributed by atoms with Crippen LogP contribution < -0.4 is 10.2 Å². The first-order chi connectivity index (χ1) is 12.5. The highest BCUT2D eigenvalue weighted by Gasteiger charge is 2.20. The van der Waals surface area contributed by atoms with E-state index >= 15 is 0 Å². The Balaban J connectivity index is 1.62. The number of anilines is 3. The number of hydrogen-bond donors (Lipinski definition) is 1. The fraction of sp³-hybridized carbons (Fsp3) is 0.190. The summed E-state index contributed by atoms with van der Waals surface area (Å²) < 4.78 is 0. The van der Waals surface area contributed by atoms with Crippen molar-refractivity contribution in [3.05, 3.63) is 69.2 Å². The van der Waals surface area contributed by atoms with Gasteiger partial charge in [0.15, 0.2) is 5.13 Å². The normalized spacial score (nSPS) is 13.4. The molecule has 0 aliphatic carbocycles. The summed E-state index contributed by atoms with van der Waals surface area (Å²) in [5, 5.41) is 7.24. The predicted octanol–water partition coefficient (Wildman–Crippen LogP) is 6.15. The number of para-hydroxylation sites is 1. The Morgan fingerprint density at radius 3 is 2.69 bits per heavy atom. The molecule has 5 heteroatoms. The number of hydrogen-bond acceptors (Lipinski definition) is 4. The van der Waals surface area contributed by atoms with Gasteiger partial charge in [0.2, 0.25) is 0 Å². The third kappa shape index (κ3) is 3.35. The number of benzene rings is 2. The van der Waals surface area contributed by atoms with Crippen molar-refractivity contribution in [2.24, 2.45) is 0 Å². The first-order valence-corrected chi connectivity index (χ1v) is 9.77. The predicted molar refractivity (Wildman–Crippen MR) is 114 cm³/mol. The third-order valence-corrected chi connectivity index (χ3v) is 5.51. The second-order valence-corrected chi connectivity index (χ2v) is 8.01. The van der Waals surface area contributed by atoms with Crippen LogP contribution >= 0.6 is 22.9 Å². The van der Waals surface area contributed by atoms with Crippen molar-refractivity contribution in [3.8, 4) is 0 Å². The third-order valence-electron chi connectivity index (χ3n) is 4.44. The van der Waals surface area contributed by atoms with E-state index in [2.05, 4.69) is 66.8 Å². The number of aryl methyl sites for hydroxylation is 2. The molecule has 0 saturated carbocycles. The van der Waals surface area contributed by atoms with E-state index in [0.717, 1.165) is 39.3 Å². The Hall–Kier alpha value is -2.30. The van der Waals surface area contributed by atoms with Crippen LogP contribution in [-0.4, -0.2) is 18.6 Å². The highest BCUT2D eigenvalue weighted by Crippen LogP contribution is 2.37. The first kappa shape index (κ1) is 17.1. The van der Waals surface area contributed by atoms with Gasteiger partial charge in [-0.05, 0) is 60.4 Å². The molecule has 3 aromatic rings. The lowest BCUT2D eigenvalue weighted by atomic mass is 10.0. The monoisotopic (exact) mass is 381 g/mol. The van der Waals surface area contributed by atoms with Crippen molar-refractivity contribution in [2.45, 2.75) is 13.8 Å². The molecule has 2 aromatic carbocycles. The molecule has 0 spiro atoms. The van der Waals surface area contributed by atoms with Crippen molar-refractivity contribution in [2.75, 3.05) is 23.8 Å². The summed E-state index contributed by atoms with van der Waals surface area (Å²) in [7, 11) is 2.07. The van der Waals surface area contributed by atoms with Gasteiger partial charge in [0.1, 0.15) is 0 Å². The number of aromatic nitrogens is 1. The second-order valence-electron chi connectivity index (χ2n) is 6.74. The van der Waals surface area contributed by atoms with Crippen LogP contribution in [0.25, 0.3) is 11.6 Å². The molecule has 132 valence electrons. The molecule has 0 unspecified atom stereocenters. The van der Waals surface area contributed by atoms with Crippen molar-refractivity contribution >= 4 is 51.1 Å². The Morgan fingerprint density at radius 1 is 1.15 bits per heavy atom. The zero-order valence-electron chi connectivity index (χ0n) is 15.0. The van der Waals surface area contributed by atoms with Crippen LogP contribution in [0.15, 0.2) is 41.8 Å². The summed E-state index contributed by atoms with van der Waals surface area (Å²) in [5.41, 5.74) is 8.00. The van der Waals surface area contributed by atoms with Crippen LogP contribution in [-0.2, 0) is 0 Å². The number of halogens is 1. The Morgan fingerprint density at radius 2 is 1.92 bits per heavy atom. The van der Waals surface area contributed by atoms with Crippen LogP contribution in [0.5, 0.6) is 0 Å². The standard InChI is InChI=1S/C21H20ClN3S/c1-13-7-14(2)9-17(8-13)23-21-24-19(12-26-21)16-10-15-5-4-6-18(22)20(15)25(3)11-16/h4-10,12H,11H2,1-3H3,(H,23,24). The van der Waals surface area contributed by atoms with E-state index in [1.165, 1.54) is 16.7 Å². The number of likely N-dealkylation sites (N-methyl/N-ethyl adjacent to an activating group) is 1. The molecule has 1 aliphatic heterocycles. The molecule has 2 heterocycles. The molecule has 26 heavy (non-hydrogen) atoms. The van der Waals surface area contributed by atoms with Crippen LogP contribution in [0, 0.1) is 13.8 Å². The molecule has 3 nitrogen and oxygen atoms in total. The molecule has 0 saturated heterocycles. The molecule has 1 aromatic heterocycles. The van der Waals surface area contributed by atoms with Gasteiger partial charge in [-0.2, -0.15) is 0 Å². The maximum atomic E-state index is 6.36. The van der Waals surface area contributed by atoms with Gasteiger partial charge in [0, 0.05) is 24.7 Å². The molecule has 1 aliphatic rings. The van der Waals surface area contributed by atoms with Crippen LogP contribution in [0.3, 0.4) is 0 Å². The zero-order valence-corrected chi connectivity index (χ0v) is 16.6. The first-order valence-electron chi connectivity index (χ1n) is 8.51. The fourth-order valence-corrected chi connectivity index (χ4v) is 4.50. The molecule has 4 rings (SSSR count). The average molecular weight is 382 g/mol. The van der Waals surface area contributed by atoms with Gasteiger partial charge in [-0.3, -0.25) is 0 Å². The van der Waals surface area contributed by atoms with Crippen molar-refractivity contribution in [1.82, 2.24) is 4.98 Å². The highest BCUT2D eigenvalue weighted by atomic mass is 35.5. The SMILES string of the molecule is Cc1cc(C)cc(Nc2nc(C3=Cc4cccc(Cl)c4N(C)C3)cs2)c1. The van der Waals surface area contributed by atoms with Crippen molar-refractivity contribution in [3.63, 3.8) is 0 Å². The van der Waals surface area contributed by atoms with Gasteiger partial charge in [0.25, 0.3) is 0 Å². The minimum atomic E-state index is 0.788. The molecular weight excluding hydrogens is 362 g/mol. The van der Waals surface area contributed by atoms with Crippen LogP contribution in [0.2, 0.25) is 5.02 Å². The number of fused-ring (bicyclic) bond motifs is 1. The smallest absolute Gasteiger partial charge is 0.187 e. The Labute approximate surface area is 163 Å². The van der Waals surface area contributed by atoms with E-state index < -0.39 is 0 Å². The summed E-state index contributed by atoms with van der Waals surface area (Å²) in [6, 6.07) is 12.5. The minimum Gasteiger partial charge on any atom is -0.368 e. The number of thiazole rings is 1. The van der Waals surface area contributed by atoms with Gasteiger partial charge in [-0.15, -0.1) is 11.3 Å². The molecule has 0 radical (unpaired) electrons. The minimum absolute atomic E-state index is 0.788. The summed E-state index contributed by atoms with van der Waals surface area (Å²) in [6.45, 7) is 5.01. The average Bonchev–Trinajstić information content (AvgIpc) is 3.02. The van der Waals surface area contributed by atoms with Gasteiger partial charge >= 0.3 is 0 Å². The van der Waals surface area contributed by atoms with Gasteiger partial charge in [-0.25, -0.2) is 4.98 Å². The van der Waals surface area contributed by atoms with Crippen molar-refractivity contribution in [1.29, 1.82) is 0 Å². The molecular formula is C21H20ClN3S. The maximum Gasteiger partial charge on any atom is 0.187 e. The quantitative estimate of drug-likeness (QED) is 0.589. The number of nitrogens with zero attached hydrogens (tertiary/aromatic N) is 2.